The molecule has 3 nitrogen and oxygen atoms in total. The third-order valence-electron chi connectivity index (χ3n) is 4.19. The van der Waals surface area contributed by atoms with Gasteiger partial charge in [-0.25, -0.2) is 8.78 Å². The molecule has 0 aliphatic carbocycles. The Morgan fingerprint density at radius 3 is 2.47 bits per heavy atom. The van der Waals surface area contributed by atoms with Gasteiger partial charge < -0.3 is 10.6 Å². The van der Waals surface area contributed by atoms with Crippen LogP contribution < -0.4 is 5.73 Å². The van der Waals surface area contributed by atoms with Crippen molar-refractivity contribution < 1.29 is 13.6 Å². The Bertz CT molecular complexity index is 506. The molecule has 0 spiro atoms. The zero-order chi connectivity index (χ0) is 13.6. The highest BCUT2D eigenvalue weighted by atomic mass is 19.2. The fourth-order valence-electron chi connectivity index (χ4n) is 3.36. The number of carbonyl (C=O) groups is 1. The van der Waals surface area contributed by atoms with Crippen LogP contribution in [0.15, 0.2) is 18.2 Å². The van der Waals surface area contributed by atoms with E-state index in [4.69, 9.17) is 5.73 Å². The van der Waals surface area contributed by atoms with E-state index in [9.17, 15) is 13.6 Å². The number of benzene rings is 1. The van der Waals surface area contributed by atoms with E-state index in [0.29, 0.717) is 0 Å². The zero-order valence-electron chi connectivity index (χ0n) is 10.5. The lowest BCUT2D eigenvalue weighted by Crippen LogP contribution is -2.50. The van der Waals surface area contributed by atoms with Crippen LogP contribution in [0.5, 0.6) is 0 Å². The molecule has 2 aliphatic heterocycles. The van der Waals surface area contributed by atoms with Crippen LogP contribution >= 0.6 is 0 Å². The maximum atomic E-state index is 13.7. The number of halogens is 2. The molecule has 2 atom stereocenters. The van der Waals surface area contributed by atoms with Crippen molar-refractivity contribution >= 4 is 5.91 Å². The van der Waals surface area contributed by atoms with E-state index in [0.717, 1.165) is 31.7 Å². The summed E-state index contributed by atoms with van der Waals surface area (Å²) in [7, 11) is 0. The number of piperidine rings is 1. The van der Waals surface area contributed by atoms with Crippen LogP contribution in [0.25, 0.3) is 0 Å². The van der Waals surface area contributed by atoms with Gasteiger partial charge in [-0.05, 0) is 37.8 Å². The maximum Gasteiger partial charge on any atom is 0.257 e. The number of nitrogens with zero attached hydrogens (tertiary/aromatic N) is 1. The summed E-state index contributed by atoms with van der Waals surface area (Å²) in [4.78, 5) is 14.1. The maximum absolute atomic E-state index is 13.7. The number of hydrogen-bond acceptors (Lipinski definition) is 2. The Kier molecular flexibility index (Phi) is 3.01. The quantitative estimate of drug-likeness (QED) is 0.845. The summed E-state index contributed by atoms with van der Waals surface area (Å²) in [6, 6.07) is 3.98. The number of hydrogen-bond donors (Lipinski definition) is 1. The summed E-state index contributed by atoms with van der Waals surface area (Å²) in [5.74, 6) is -2.44. The summed E-state index contributed by atoms with van der Waals surface area (Å²) < 4.78 is 26.9. The van der Waals surface area contributed by atoms with Gasteiger partial charge in [0.05, 0.1) is 5.56 Å². The normalized spacial score (nSPS) is 29.6. The highest BCUT2D eigenvalue weighted by Gasteiger charge is 2.43. The first-order valence-electron chi connectivity index (χ1n) is 6.60. The molecule has 2 N–H and O–H groups in total. The Balaban J connectivity index is 1.91. The fourth-order valence-corrected chi connectivity index (χ4v) is 3.36. The number of fused-ring (bicyclic) bond motifs is 2. The largest absolute Gasteiger partial charge is 0.332 e. The van der Waals surface area contributed by atoms with E-state index in [2.05, 4.69) is 0 Å². The third kappa shape index (κ3) is 2.02. The Morgan fingerprint density at radius 2 is 1.84 bits per heavy atom. The van der Waals surface area contributed by atoms with Gasteiger partial charge in [-0.3, -0.25) is 4.79 Å². The molecule has 19 heavy (non-hydrogen) atoms. The minimum atomic E-state index is -1.05. The second kappa shape index (κ2) is 4.56. The predicted molar refractivity (Wildman–Crippen MR) is 66.5 cm³/mol. The monoisotopic (exact) mass is 266 g/mol. The fraction of sp³-hybridized carbons (Fsp3) is 0.500. The van der Waals surface area contributed by atoms with E-state index >= 15 is 0 Å². The molecule has 0 aromatic heterocycles. The van der Waals surface area contributed by atoms with Crippen LogP contribution in [-0.2, 0) is 0 Å². The van der Waals surface area contributed by atoms with Crippen molar-refractivity contribution in [3.63, 3.8) is 0 Å². The molecule has 2 heterocycles. The zero-order valence-corrected chi connectivity index (χ0v) is 10.5. The molecule has 0 radical (unpaired) electrons. The lowest BCUT2D eigenvalue weighted by Gasteiger charge is -2.37. The molecule has 2 saturated heterocycles. The first-order chi connectivity index (χ1) is 9.08. The van der Waals surface area contributed by atoms with Crippen molar-refractivity contribution in [2.75, 3.05) is 0 Å². The summed E-state index contributed by atoms with van der Waals surface area (Å²) in [6.07, 6.45) is 3.31. The molecule has 3 rings (SSSR count). The standard InChI is InChI=1S/C14H16F2N2O/c15-12-3-1-2-11(13(12)16)14(19)18-9-4-5-10(18)7-8(17)6-9/h1-3,8-10H,4-7,17H2. The molecular formula is C14H16F2N2O. The molecular weight excluding hydrogens is 250 g/mol. The van der Waals surface area contributed by atoms with E-state index in [1.54, 1.807) is 4.90 Å². The van der Waals surface area contributed by atoms with Gasteiger partial charge >= 0.3 is 0 Å². The van der Waals surface area contributed by atoms with E-state index in [1.807, 2.05) is 0 Å². The first kappa shape index (κ1) is 12.5. The van der Waals surface area contributed by atoms with Crippen molar-refractivity contribution in [2.24, 2.45) is 5.73 Å². The van der Waals surface area contributed by atoms with Gasteiger partial charge in [0.2, 0.25) is 0 Å². The van der Waals surface area contributed by atoms with Crippen LogP contribution in [0.1, 0.15) is 36.0 Å². The molecule has 2 unspecified atom stereocenters. The summed E-state index contributed by atoms with van der Waals surface area (Å²) in [5.41, 5.74) is 5.76. The number of rotatable bonds is 1. The number of amides is 1. The van der Waals surface area contributed by atoms with Crippen LogP contribution in [0.2, 0.25) is 0 Å². The lowest BCUT2D eigenvalue weighted by atomic mass is 9.97. The van der Waals surface area contributed by atoms with Crippen LogP contribution in [0.4, 0.5) is 8.78 Å². The molecule has 1 aromatic rings. The Morgan fingerprint density at radius 1 is 1.21 bits per heavy atom. The minimum absolute atomic E-state index is 0.0731. The molecule has 102 valence electrons. The van der Waals surface area contributed by atoms with Gasteiger partial charge in [0, 0.05) is 18.1 Å². The average molecular weight is 266 g/mol. The second-order valence-electron chi connectivity index (χ2n) is 5.43. The Labute approximate surface area is 110 Å². The van der Waals surface area contributed by atoms with Crippen molar-refractivity contribution in [1.29, 1.82) is 0 Å². The van der Waals surface area contributed by atoms with Gasteiger partial charge in [-0.2, -0.15) is 0 Å². The van der Waals surface area contributed by atoms with E-state index < -0.39 is 17.5 Å². The predicted octanol–water partition coefficient (Wildman–Crippen LogP) is 2.06. The van der Waals surface area contributed by atoms with Crippen molar-refractivity contribution in [3.8, 4) is 0 Å². The summed E-state index contributed by atoms with van der Waals surface area (Å²) in [5, 5.41) is 0. The van der Waals surface area contributed by atoms with Crippen LogP contribution in [0.3, 0.4) is 0 Å². The van der Waals surface area contributed by atoms with Crippen molar-refractivity contribution in [3.05, 3.63) is 35.4 Å². The topological polar surface area (TPSA) is 46.3 Å². The summed E-state index contributed by atoms with van der Waals surface area (Å²) >= 11 is 0. The molecule has 2 bridgehead atoms. The molecule has 0 saturated carbocycles. The van der Waals surface area contributed by atoms with Gasteiger partial charge in [-0.1, -0.05) is 6.07 Å². The summed E-state index contributed by atoms with van der Waals surface area (Å²) in [6.45, 7) is 0. The molecule has 1 aromatic carbocycles. The molecule has 1 amide bonds. The van der Waals surface area contributed by atoms with Crippen LogP contribution in [0, 0.1) is 11.6 Å². The molecule has 2 aliphatic rings. The second-order valence-corrected chi connectivity index (χ2v) is 5.43. The van der Waals surface area contributed by atoms with E-state index in [1.165, 1.54) is 12.1 Å². The number of nitrogens with two attached hydrogens (primary N) is 1. The van der Waals surface area contributed by atoms with E-state index in [-0.39, 0.29) is 23.7 Å². The average Bonchev–Trinajstić information content (AvgIpc) is 2.64. The third-order valence-corrected chi connectivity index (χ3v) is 4.19. The van der Waals surface area contributed by atoms with Gasteiger partial charge in [0.25, 0.3) is 5.91 Å². The number of carbonyl (C=O) groups excluding carboxylic acids is 1. The van der Waals surface area contributed by atoms with Gasteiger partial charge in [0.1, 0.15) is 0 Å². The van der Waals surface area contributed by atoms with Gasteiger partial charge in [-0.15, -0.1) is 0 Å². The van der Waals surface area contributed by atoms with Crippen LogP contribution in [-0.4, -0.2) is 28.9 Å². The van der Waals surface area contributed by atoms with Crippen molar-refractivity contribution in [2.45, 2.75) is 43.8 Å². The molecule has 5 heteroatoms. The SMILES string of the molecule is NC1CC2CCC(C1)N2C(=O)c1cccc(F)c1F. The smallest absolute Gasteiger partial charge is 0.257 e. The highest BCUT2D eigenvalue weighted by Crippen LogP contribution is 2.36. The lowest BCUT2D eigenvalue weighted by molar-refractivity contribution is 0.0569. The minimum Gasteiger partial charge on any atom is -0.332 e. The highest BCUT2D eigenvalue weighted by molar-refractivity contribution is 5.95. The first-order valence-corrected chi connectivity index (χ1v) is 6.60. The molecule has 2 fully saturated rings. The Hall–Kier alpha value is -1.49. The van der Waals surface area contributed by atoms with Crippen molar-refractivity contribution in [1.82, 2.24) is 4.90 Å². The van der Waals surface area contributed by atoms with Gasteiger partial charge in [0.15, 0.2) is 11.6 Å².